The zero-order valence-corrected chi connectivity index (χ0v) is 21.0. The largest absolute Gasteiger partial charge is 0.482 e. The van der Waals surface area contributed by atoms with Crippen LogP contribution in [0.3, 0.4) is 0 Å². The minimum atomic E-state index is -2.13. The van der Waals surface area contributed by atoms with Crippen LogP contribution in [0.1, 0.15) is 30.0 Å². The van der Waals surface area contributed by atoms with Gasteiger partial charge in [-0.05, 0) is 37.0 Å². The third kappa shape index (κ3) is 5.95. The molecule has 1 amide bonds. The summed E-state index contributed by atoms with van der Waals surface area (Å²) in [7, 11) is 3.36. The third-order valence-electron chi connectivity index (χ3n) is 6.80. The predicted molar refractivity (Wildman–Crippen MR) is 137 cm³/mol. The molecule has 0 saturated carbocycles. The van der Waals surface area contributed by atoms with E-state index in [2.05, 4.69) is 10.2 Å². The summed E-state index contributed by atoms with van der Waals surface area (Å²) >= 11 is -2.13. The second-order valence-corrected chi connectivity index (χ2v) is 10.1. The number of aliphatic hydroxyl groups excluding tert-OH is 1. The Bertz CT molecular complexity index is 1050. The van der Waals surface area contributed by atoms with Gasteiger partial charge in [0.25, 0.3) is 17.2 Å². The first-order chi connectivity index (χ1) is 16.8. The molecule has 0 spiro atoms. The first-order valence-electron chi connectivity index (χ1n) is 11.9. The second-order valence-electron chi connectivity index (χ2n) is 9.12. The van der Waals surface area contributed by atoms with E-state index in [1.54, 1.807) is 31.1 Å². The highest BCUT2D eigenvalue weighted by molar-refractivity contribution is 7.80. The number of hydrogen-bond donors (Lipinski definition) is 3. The summed E-state index contributed by atoms with van der Waals surface area (Å²) in [5, 5.41) is 13.3. The van der Waals surface area contributed by atoms with Crippen molar-refractivity contribution in [3.8, 4) is 5.75 Å². The normalized spacial score (nSPS) is 19.4. The third-order valence-corrected chi connectivity index (χ3v) is 7.47. The number of nitrogens with one attached hydrogen (secondary N) is 1. The lowest BCUT2D eigenvalue weighted by Gasteiger charge is -2.32. The van der Waals surface area contributed by atoms with Gasteiger partial charge < -0.3 is 20.1 Å². The Morgan fingerprint density at radius 1 is 1.26 bits per heavy atom. The highest BCUT2D eigenvalue weighted by atomic mass is 32.2. The molecule has 1 saturated heterocycles. The van der Waals surface area contributed by atoms with Crippen LogP contribution in [0.4, 0.5) is 11.4 Å². The van der Waals surface area contributed by atoms with Gasteiger partial charge >= 0.3 is 0 Å². The van der Waals surface area contributed by atoms with Crippen molar-refractivity contribution in [3.63, 3.8) is 0 Å². The molecule has 9 nitrogen and oxygen atoms in total. The zero-order chi connectivity index (χ0) is 24.9. The molecule has 3 atom stereocenters. The van der Waals surface area contributed by atoms with Crippen LogP contribution in [0.5, 0.6) is 5.75 Å². The molecule has 0 aliphatic carbocycles. The zero-order valence-electron chi connectivity index (χ0n) is 20.2. The number of nitrogens with zero attached hydrogens (tertiary/aromatic N) is 3. The van der Waals surface area contributed by atoms with Crippen LogP contribution >= 0.6 is 0 Å². The summed E-state index contributed by atoms with van der Waals surface area (Å²) in [6, 6.07) is 13.2. The predicted octanol–water partition coefficient (Wildman–Crippen LogP) is 2.26. The highest BCUT2D eigenvalue weighted by Gasteiger charge is 2.29. The molecule has 3 N–H and O–H groups in total. The van der Waals surface area contributed by atoms with E-state index in [-0.39, 0.29) is 24.7 Å². The molecule has 190 valence electrons. The fourth-order valence-corrected chi connectivity index (χ4v) is 5.14. The summed E-state index contributed by atoms with van der Waals surface area (Å²) in [5.41, 5.74) is 3.38. The van der Waals surface area contributed by atoms with Crippen molar-refractivity contribution in [3.05, 3.63) is 53.6 Å². The molecule has 35 heavy (non-hydrogen) atoms. The van der Waals surface area contributed by atoms with E-state index in [4.69, 9.17) is 4.74 Å². The van der Waals surface area contributed by atoms with Gasteiger partial charge in [-0.25, -0.2) is 4.21 Å². The van der Waals surface area contributed by atoms with Crippen molar-refractivity contribution >= 4 is 28.5 Å². The van der Waals surface area contributed by atoms with Crippen LogP contribution in [0.2, 0.25) is 0 Å². The summed E-state index contributed by atoms with van der Waals surface area (Å²) in [4.78, 5) is 17.1. The van der Waals surface area contributed by atoms with Gasteiger partial charge in [0.15, 0.2) is 6.61 Å². The van der Waals surface area contributed by atoms with Crippen molar-refractivity contribution in [2.24, 2.45) is 0 Å². The number of carbonyl (C=O) groups excluding carboxylic acids is 1. The molecule has 0 aromatic heterocycles. The van der Waals surface area contributed by atoms with Crippen molar-refractivity contribution in [1.82, 2.24) is 9.80 Å². The van der Waals surface area contributed by atoms with E-state index in [0.29, 0.717) is 24.5 Å². The number of amides is 1. The SMILES string of the molecule is CN(C(=O)COc1ccc(N(C)S(=O)O)c2c1NCCC2)[C@H](CN1CC[C@H](O)C1)c1ccccc1. The van der Waals surface area contributed by atoms with Gasteiger partial charge in [0.05, 0.1) is 23.5 Å². The first-order valence-corrected chi connectivity index (χ1v) is 13.0. The van der Waals surface area contributed by atoms with Crippen LogP contribution in [0.15, 0.2) is 42.5 Å². The molecule has 0 radical (unpaired) electrons. The van der Waals surface area contributed by atoms with E-state index in [1.165, 1.54) is 4.31 Å². The number of β-amino-alcohol motifs (C(OH)–C–C–N with tert-alkyl or cyclic N) is 1. The van der Waals surface area contributed by atoms with E-state index in [0.717, 1.165) is 49.2 Å². The second kappa shape index (κ2) is 11.4. The molecular formula is C25H34N4O5S. The lowest BCUT2D eigenvalue weighted by Crippen LogP contribution is -2.41. The van der Waals surface area contributed by atoms with Crippen molar-refractivity contribution < 1.29 is 23.4 Å². The van der Waals surface area contributed by atoms with Gasteiger partial charge in [-0.15, -0.1) is 0 Å². The smallest absolute Gasteiger partial charge is 0.261 e. The first kappa shape index (κ1) is 25.4. The minimum Gasteiger partial charge on any atom is -0.482 e. The molecule has 0 bridgehead atoms. The molecule has 10 heteroatoms. The number of benzene rings is 2. The highest BCUT2D eigenvalue weighted by Crippen LogP contribution is 2.39. The maximum atomic E-state index is 13.2. The van der Waals surface area contributed by atoms with Gasteiger partial charge in [-0.2, -0.15) is 0 Å². The number of fused-ring (bicyclic) bond motifs is 1. The van der Waals surface area contributed by atoms with Crippen molar-refractivity contribution in [1.29, 1.82) is 0 Å². The molecule has 1 unspecified atom stereocenters. The molecule has 1 fully saturated rings. The summed E-state index contributed by atoms with van der Waals surface area (Å²) in [5.74, 6) is 0.405. The van der Waals surface area contributed by atoms with Gasteiger partial charge in [-0.1, -0.05) is 30.3 Å². The fourth-order valence-electron chi connectivity index (χ4n) is 4.80. The lowest BCUT2D eigenvalue weighted by molar-refractivity contribution is -0.134. The van der Waals surface area contributed by atoms with Crippen LogP contribution in [0, 0.1) is 0 Å². The van der Waals surface area contributed by atoms with E-state index in [9.17, 15) is 18.7 Å². The van der Waals surface area contributed by atoms with Gasteiger partial charge in [0, 0.05) is 45.8 Å². The number of aliphatic hydroxyl groups is 1. The van der Waals surface area contributed by atoms with Crippen molar-refractivity contribution in [2.75, 3.05) is 56.5 Å². The van der Waals surface area contributed by atoms with E-state index < -0.39 is 11.3 Å². The van der Waals surface area contributed by atoms with E-state index in [1.807, 2.05) is 30.3 Å². The molecule has 2 aromatic rings. The monoisotopic (exact) mass is 502 g/mol. The molecule has 2 aliphatic rings. The maximum Gasteiger partial charge on any atom is 0.261 e. The maximum absolute atomic E-state index is 13.2. The summed E-state index contributed by atoms with van der Waals surface area (Å²) < 4.78 is 28.4. The number of rotatable bonds is 9. The van der Waals surface area contributed by atoms with Gasteiger partial charge in [0.2, 0.25) is 0 Å². The van der Waals surface area contributed by atoms with Crippen LogP contribution in [-0.4, -0.2) is 82.6 Å². The Morgan fingerprint density at radius 3 is 2.71 bits per heavy atom. The van der Waals surface area contributed by atoms with Crippen molar-refractivity contribution in [2.45, 2.75) is 31.4 Å². The van der Waals surface area contributed by atoms with Crippen LogP contribution < -0.4 is 14.4 Å². The number of ether oxygens (including phenoxy) is 1. The summed E-state index contributed by atoms with van der Waals surface area (Å²) in [6.07, 6.45) is 2.08. The topological polar surface area (TPSA) is 106 Å². The standard InChI is InChI=1S/C25H34N4O5S/c1-27(22(18-7-4-3-5-8-18)16-29-14-12-19(30)15-29)24(31)17-34-23-11-10-21(28(2)35(32)33)20-9-6-13-26-25(20)23/h3-5,7-8,10-11,19,22,26,30H,6,9,12-17H2,1-2H3,(H,32,33)/t19-,22+/m0/s1. The Morgan fingerprint density at radius 2 is 2.03 bits per heavy atom. The average molecular weight is 503 g/mol. The molecule has 2 aliphatic heterocycles. The molecular weight excluding hydrogens is 468 g/mol. The Kier molecular flexibility index (Phi) is 8.27. The van der Waals surface area contributed by atoms with E-state index >= 15 is 0 Å². The minimum absolute atomic E-state index is 0.127. The molecule has 4 rings (SSSR count). The number of likely N-dealkylation sites (tertiary alicyclic amines) is 1. The summed E-state index contributed by atoms with van der Waals surface area (Å²) in [6.45, 7) is 2.70. The Hall–Kier alpha value is -2.66. The number of likely N-dealkylation sites (N-methyl/N-ethyl adjacent to an activating group) is 1. The Labute approximate surface area is 209 Å². The van der Waals surface area contributed by atoms with Gasteiger partial charge in [-0.3, -0.25) is 18.6 Å². The lowest BCUT2D eigenvalue weighted by atomic mass is 10.0. The fraction of sp³-hybridized carbons (Fsp3) is 0.480. The van der Waals surface area contributed by atoms with Crippen LogP contribution in [0.25, 0.3) is 0 Å². The average Bonchev–Trinajstić information content (AvgIpc) is 3.29. The number of carbonyl (C=O) groups is 1. The molecule has 2 heterocycles. The Balaban J connectivity index is 1.49. The number of anilines is 2. The number of hydrogen-bond acceptors (Lipinski definition) is 6. The van der Waals surface area contributed by atoms with Gasteiger partial charge in [0.1, 0.15) is 5.75 Å². The molecule has 2 aromatic carbocycles. The van der Waals surface area contributed by atoms with Crippen LogP contribution in [-0.2, 0) is 22.5 Å². The quantitative estimate of drug-likeness (QED) is 0.452.